The molecule has 1 heterocycles. The molecule has 0 bridgehead atoms. The number of hydrogen-bond acceptors (Lipinski definition) is 3. The highest BCUT2D eigenvalue weighted by atomic mass is 16.2. The van der Waals surface area contributed by atoms with Crippen LogP contribution in [0.15, 0.2) is 0 Å². The van der Waals surface area contributed by atoms with Crippen LogP contribution in [0.4, 0.5) is 0 Å². The second kappa shape index (κ2) is 6.53. The Morgan fingerprint density at radius 1 is 1.17 bits per heavy atom. The number of amides is 1. The van der Waals surface area contributed by atoms with Gasteiger partial charge in [-0.05, 0) is 59.0 Å². The Kier molecular flexibility index (Phi) is 5.01. The summed E-state index contributed by atoms with van der Waals surface area (Å²) in [5.41, 5.74) is 0. The molecule has 0 spiro atoms. The topological polar surface area (TPSA) is 44.4 Å². The van der Waals surface area contributed by atoms with Crippen LogP contribution in [0, 0.1) is 0 Å². The average Bonchev–Trinajstić information content (AvgIpc) is 2.63. The van der Waals surface area contributed by atoms with Gasteiger partial charge in [0, 0.05) is 18.6 Å². The van der Waals surface area contributed by atoms with Gasteiger partial charge in [-0.25, -0.2) is 0 Å². The predicted molar refractivity (Wildman–Crippen MR) is 73.5 cm³/mol. The Morgan fingerprint density at radius 2 is 1.89 bits per heavy atom. The molecule has 1 aliphatic carbocycles. The van der Waals surface area contributed by atoms with Crippen molar-refractivity contribution in [2.75, 3.05) is 20.6 Å². The summed E-state index contributed by atoms with van der Waals surface area (Å²) < 4.78 is 0. The van der Waals surface area contributed by atoms with Gasteiger partial charge in [0.1, 0.15) is 0 Å². The molecule has 2 fully saturated rings. The Hall–Kier alpha value is -0.610. The molecule has 1 saturated heterocycles. The molecule has 104 valence electrons. The van der Waals surface area contributed by atoms with E-state index in [0.717, 1.165) is 19.4 Å². The molecule has 18 heavy (non-hydrogen) atoms. The van der Waals surface area contributed by atoms with E-state index in [2.05, 4.69) is 22.6 Å². The third-order valence-corrected chi connectivity index (χ3v) is 4.68. The van der Waals surface area contributed by atoms with Crippen molar-refractivity contribution in [3.05, 3.63) is 0 Å². The lowest BCUT2D eigenvalue weighted by atomic mass is 9.89. The quantitative estimate of drug-likeness (QED) is 0.792. The average molecular weight is 253 g/mol. The van der Waals surface area contributed by atoms with Gasteiger partial charge >= 0.3 is 0 Å². The number of nitrogens with one attached hydrogen (secondary N) is 2. The SMILES string of the molecule is CNC1CCC(N(C)C2CCCCNC2=O)CC1. The molecule has 4 nitrogen and oxygen atoms in total. The van der Waals surface area contributed by atoms with Crippen LogP contribution in [0.2, 0.25) is 0 Å². The van der Waals surface area contributed by atoms with Gasteiger partial charge in [-0.15, -0.1) is 0 Å². The van der Waals surface area contributed by atoms with Crippen molar-refractivity contribution in [3.63, 3.8) is 0 Å². The molecule has 0 aromatic rings. The van der Waals surface area contributed by atoms with Gasteiger partial charge in [0.25, 0.3) is 0 Å². The van der Waals surface area contributed by atoms with Crippen LogP contribution in [0.1, 0.15) is 44.9 Å². The van der Waals surface area contributed by atoms with E-state index >= 15 is 0 Å². The molecule has 1 aliphatic heterocycles. The third-order valence-electron chi connectivity index (χ3n) is 4.68. The molecule has 2 rings (SSSR count). The van der Waals surface area contributed by atoms with Crippen molar-refractivity contribution in [2.24, 2.45) is 0 Å². The monoisotopic (exact) mass is 253 g/mol. The first kappa shape index (κ1) is 13.8. The summed E-state index contributed by atoms with van der Waals surface area (Å²) in [4.78, 5) is 14.4. The summed E-state index contributed by atoms with van der Waals surface area (Å²) in [6.45, 7) is 0.857. The molecule has 1 amide bonds. The first-order valence-electron chi connectivity index (χ1n) is 7.39. The number of carbonyl (C=O) groups is 1. The van der Waals surface area contributed by atoms with Crippen molar-refractivity contribution in [1.29, 1.82) is 0 Å². The maximum atomic E-state index is 12.1. The summed E-state index contributed by atoms with van der Waals surface area (Å²) in [5, 5.41) is 6.41. The molecule has 0 radical (unpaired) electrons. The minimum Gasteiger partial charge on any atom is -0.355 e. The van der Waals surface area contributed by atoms with Gasteiger partial charge < -0.3 is 10.6 Å². The fourth-order valence-corrected chi connectivity index (χ4v) is 3.34. The summed E-state index contributed by atoms with van der Waals surface area (Å²) >= 11 is 0. The van der Waals surface area contributed by atoms with E-state index in [9.17, 15) is 4.79 Å². The Bertz CT molecular complexity index is 274. The van der Waals surface area contributed by atoms with Crippen molar-refractivity contribution in [2.45, 2.75) is 63.1 Å². The number of hydrogen-bond donors (Lipinski definition) is 2. The van der Waals surface area contributed by atoms with Crippen LogP contribution in [-0.2, 0) is 4.79 Å². The van der Waals surface area contributed by atoms with Crippen LogP contribution in [0.5, 0.6) is 0 Å². The van der Waals surface area contributed by atoms with Crippen LogP contribution in [0.3, 0.4) is 0 Å². The summed E-state index contributed by atoms with van der Waals surface area (Å²) in [6.07, 6.45) is 8.22. The van der Waals surface area contributed by atoms with Crippen molar-refractivity contribution >= 4 is 5.91 Å². The van der Waals surface area contributed by atoms with E-state index in [4.69, 9.17) is 0 Å². The number of nitrogens with zero attached hydrogens (tertiary/aromatic N) is 1. The lowest BCUT2D eigenvalue weighted by molar-refractivity contribution is -0.126. The largest absolute Gasteiger partial charge is 0.355 e. The highest BCUT2D eigenvalue weighted by molar-refractivity contribution is 5.81. The molecule has 4 heteroatoms. The minimum atomic E-state index is 0.101. The van der Waals surface area contributed by atoms with E-state index in [0.29, 0.717) is 12.1 Å². The van der Waals surface area contributed by atoms with Gasteiger partial charge in [0.05, 0.1) is 6.04 Å². The molecule has 1 saturated carbocycles. The molecule has 0 aromatic heterocycles. The van der Waals surface area contributed by atoms with E-state index < -0.39 is 0 Å². The minimum absolute atomic E-state index is 0.101. The number of carbonyl (C=O) groups excluding carboxylic acids is 1. The molecule has 0 aromatic carbocycles. The zero-order chi connectivity index (χ0) is 13.0. The third kappa shape index (κ3) is 3.23. The van der Waals surface area contributed by atoms with E-state index in [-0.39, 0.29) is 11.9 Å². The van der Waals surface area contributed by atoms with Gasteiger partial charge in [0.15, 0.2) is 0 Å². The first-order chi connectivity index (χ1) is 8.72. The zero-order valence-corrected chi connectivity index (χ0v) is 11.7. The molecular weight excluding hydrogens is 226 g/mol. The lowest BCUT2D eigenvalue weighted by Crippen LogP contribution is -2.50. The smallest absolute Gasteiger partial charge is 0.237 e. The number of rotatable bonds is 3. The van der Waals surface area contributed by atoms with Crippen molar-refractivity contribution in [1.82, 2.24) is 15.5 Å². The summed E-state index contributed by atoms with van der Waals surface area (Å²) in [7, 11) is 4.19. The summed E-state index contributed by atoms with van der Waals surface area (Å²) in [6, 6.07) is 1.37. The van der Waals surface area contributed by atoms with Crippen LogP contribution < -0.4 is 10.6 Å². The zero-order valence-electron chi connectivity index (χ0n) is 11.7. The van der Waals surface area contributed by atoms with Gasteiger partial charge in [-0.2, -0.15) is 0 Å². The summed E-state index contributed by atoms with van der Waals surface area (Å²) in [5.74, 6) is 0.241. The van der Waals surface area contributed by atoms with Crippen molar-refractivity contribution in [3.8, 4) is 0 Å². The highest BCUT2D eigenvalue weighted by Gasteiger charge is 2.31. The predicted octanol–water partition coefficient (Wildman–Crippen LogP) is 1.12. The van der Waals surface area contributed by atoms with Gasteiger partial charge in [-0.3, -0.25) is 9.69 Å². The van der Waals surface area contributed by atoms with E-state index in [1.165, 1.54) is 32.1 Å². The second-order valence-corrected chi connectivity index (χ2v) is 5.76. The molecule has 1 unspecified atom stereocenters. The fourth-order valence-electron chi connectivity index (χ4n) is 3.34. The van der Waals surface area contributed by atoms with Crippen LogP contribution >= 0.6 is 0 Å². The second-order valence-electron chi connectivity index (χ2n) is 5.76. The molecule has 2 aliphatic rings. The normalized spacial score (nSPS) is 34.2. The van der Waals surface area contributed by atoms with Crippen LogP contribution in [0.25, 0.3) is 0 Å². The number of likely N-dealkylation sites (N-methyl/N-ethyl adjacent to an activating group) is 1. The Labute approximate surface area is 110 Å². The Morgan fingerprint density at radius 3 is 2.56 bits per heavy atom. The molecular formula is C14H27N3O. The fraction of sp³-hybridized carbons (Fsp3) is 0.929. The maximum Gasteiger partial charge on any atom is 0.237 e. The molecule has 2 N–H and O–H groups in total. The molecule has 1 atom stereocenters. The highest BCUT2D eigenvalue weighted by Crippen LogP contribution is 2.25. The van der Waals surface area contributed by atoms with E-state index in [1.54, 1.807) is 0 Å². The standard InChI is InChI=1S/C14H27N3O/c1-15-11-6-8-12(9-7-11)17(2)13-5-3-4-10-16-14(13)18/h11-13,15H,3-10H2,1-2H3,(H,16,18). The van der Waals surface area contributed by atoms with Crippen molar-refractivity contribution < 1.29 is 4.79 Å². The van der Waals surface area contributed by atoms with Crippen LogP contribution in [-0.4, -0.2) is 49.6 Å². The van der Waals surface area contributed by atoms with E-state index in [1.807, 2.05) is 7.05 Å². The lowest BCUT2D eigenvalue weighted by Gasteiger charge is -2.38. The Balaban J connectivity index is 1.89. The van der Waals surface area contributed by atoms with Gasteiger partial charge in [-0.1, -0.05) is 0 Å². The maximum absolute atomic E-state index is 12.1. The first-order valence-corrected chi connectivity index (χ1v) is 7.39. The van der Waals surface area contributed by atoms with Gasteiger partial charge in [0.2, 0.25) is 5.91 Å².